The summed E-state index contributed by atoms with van der Waals surface area (Å²) in [5, 5.41) is 2.87. The van der Waals surface area contributed by atoms with Gasteiger partial charge in [-0.1, -0.05) is 30.4 Å². The van der Waals surface area contributed by atoms with Gasteiger partial charge in [-0.2, -0.15) is 0 Å². The Kier molecular flexibility index (Phi) is 2.54. The Hall–Kier alpha value is -1.70. The van der Waals surface area contributed by atoms with E-state index < -0.39 is 0 Å². The van der Waals surface area contributed by atoms with Crippen LogP contribution in [0.4, 0.5) is 5.69 Å². The maximum Gasteiger partial charge on any atom is 0.108 e. The van der Waals surface area contributed by atoms with Gasteiger partial charge >= 0.3 is 0 Å². The molecule has 0 aromatic heterocycles. The van der Waals surface area contributed by atoms with Crippen molar-refractivity contribution >= 4 is 11.3 Å². The van der Waals surface area contributed by atoms with Gasteiger partial charge in [0.25, 0.3) is 0 Å². The fraction of sp³-hybridized carbons (Fsp3) is 0.167. The topological polar surface area (TPSA) is 29.4 Å². The van der Waals surface area contributed by atoms with E-state index in [9.17, 15) is 4.91 Å². The number of nitroso groups, excluding NO2 is 1. The molecule has 0 aliphatic heterocycles. The van der Waals surface area contributed by atoms with Gasteiger partial charge < -0.3 is 0 Å². The van der Waals surface area contributed by atoms with Gasteiger partial charge in [-0.25, -0.2) is 0 Å². The van der Waals surface area contributed by atoms with Crippen LogP contribution in [0.15, 0.2) is 47.7 Å². The molecule has 0 atom stereocenters. The van der Waals surface area contributed by atoms with Crippen LogP contribution in [0.1, 0.15) is 18.4 Å². The molecule has 0 spiro atoms. The minimum Gasteiger partial charge on any atom is -0.145 e. The van der Waals surface area contributed by atoms with Crippen molar-refractivity contribution in [1.82, 2.24) is 0 Å². The summed E-state index contributed by atoms with van der Waals surface area (Å²) < 4.78 is 0. The Morgan fingerprint density at radius 2 is 1.86 bits per heavy atom. The SMILES string of the molecule is O=Nc1ccc(C2=CCCC=C2)cc1. The van der Waals surface area contributed by atoms with Gasteiger partial charge in [0, 0.05) is 0 Å². The minimum absolute atomic E-state index is 0.481. The van der Waals surface area contributed by atoms with Crippen molar-refractivity contribution in [2.75, 3.05) is 0 Å². The van der Waals surface area contributed by atoms with Gasteiger partial charge in [0.05, 0.1) is 0 Å². The highest BCUT2D eigenvalue weighted by atomic mass is 16.3. The molecule has 1 aliphatic rings. The third-order valence-corrected chi connectivity index (χ3v) is 2.30. The van der Waals surface area contributed by atoms with Crippen molar-refractivity contribution in [3.63, 3.8) is 0 Å². The lowest BCUT2D eigenvalue weighted by Gasteiger charge is -2.06. The molecule has 0 radical (unpaired) electrons. The highest BCUT2D eigenvalue weighted by Crippen LogP contribution is 2.23. The fourth-order valence-corrected chi connectivity index (χ4v) is 1.54. The van der Waals surface area contributed by atoms with E-state index in [0.717, 1.165) is 18.4 Å². The first-order chi connectivity index (χ1) is 6.90. The van der Waals surface area contributed by atoms with Gasteiger partial charge in [0.1, 0.15) is 5.69 Å². The monoisotopic (exact) mass is 185 g/mol. The van der Waals surface area contributed by atoms with Crippen molar-refractivity contribution in [3.8, 4) is 0 Å². The van der Waals surface area contributed by atoms with E-state index in [0.29, 0.717) is 5.69 Å². The lowest BCUT2D eigenvalue weighted by molar-refractivity contribution is 1.04. The quantitative estimate of drug-likeness (QED) is 0.644. The number of rotatable bonds is 2. The number of hydrogen-bond donors (Lipinski definition) is 0. The first-order valence-corrected chi connectivity index (χ1v) is 4.70. The van der Waals surface area contributed by atoms with Crippen LogP contribution in [0, 0.1) is 4.91 Å². The van der Waals surface area contributed by atoms with Crippen LogP contribution >= 0.6 is 0 Å². The summed E-state index contributed by atoms with van der Waals surface area (Å²) in [5.74, 6) is 0. The molecule has 0 amide bonds. The molecule has 0 heterocycles. The van der Waals surface area contributed by atoms with E-state index in [-0.39, 0.29) is 0 Å². The second-order valence-corrected chi connectivity index (χ2v) is 3.28. The van der Waals surface area contributed by atoms with Crippen LogP contribution in [0.5, 0.6) is 0 Å². The first kappa shape index (κ1) is 8.88. The van der Waals surface area contributed by atoms with Gasteiger partial charge in [-0.05, 0) is 41.3 Å². The maximum atomic E-state index is 10.2. The lowest BCUT2D eigenvalue weighted by atomic mass is 10.00. The Labute approximate surface area is 82.9 Å². The molecule has 0 saturated carbocycles. The predicted molar refractivity (Wildman–Crippen MR) is 58.2 cm³/mol. The third-order valence-electron chi connectivity index (χ3n) is 2.30. The predicted octanol–water partition coefficient (Wildman–Crippen LogP) is 3.82. The number of nitrogens with zero attached hydrogens (tertiary/aromatic N) is 1. The lowest BCUT2D eigenvalue weighted by Crippen LogP contribution is -1.84. The number of benzene rings is 1. The molecule has 1 aromatic rings. The molecule has 70 valence electrons. The molecular formula is C12H11NO. The number of hydrogen-bond acceptors (Lipinski definition) is 2. The summed E-state index contributed by atoms with van der Waals surface area (Å²) in [6.07, 6.45) is 8.72. The highest BCUT2D eigenvalue weighted by molar-refractivity contribution is 5.75. The third kappa shape index (κ3) is 1.79. The minimum atomic E-state index is 0.481. The average Bonchev–Trinajstić information content (AvgIpc) is 2.30. The molecule has 2 heteroatoms. The summed E-state index contributed by atoms with van der Waals surface area (Å²) in [5.41, 5.74) is 2.86. The molecule has 14 heavy (non-hydrogen) atoms. The van der Waals surface area contributed by atoms with E-state index in [1.807, 2.05) is 12.1 Å². The summed E-state index contributed by atoms with van der Waals surface area (Å²) in [4.78, 5) is 10.2. The molecule has 0 saturated heterocycles. The van der Waals surface area contributed by atoms with Crippen LogP contribution in [0.2, 0.25) is 0 Å². The largest absolute Gasteiger partial charge is 0.145 e. The van der Waals surface area contributed by atoms with E-state index in [4.69, 9.17) is 0 Å². The van der Waals surface area contributed by atoms with Crippen LogP contribution in [-0.2, 0) is 0 Å². The van der Waals surface area contributed by atoms with Crippen LogP contribution in [0.3, 0.4) is 0 Å². The molecule has 2 nitrogen and oxygen atoms in total. The molecule has 1 aromatic carbocycles. The van der Waals surface area contributed by atoms with Gasteiger partial charge in [0.2, 0.25) is 0 Å². The molecule has 1 aliphatic carbocycles. The van der Waals surface area contributed by atoms with Gasteiger partial charge in [-0.15, -0.1) is 4.91 Å². The normalized spacial score (nSPS) is 15.0. The molecule has 0 unspecified atom stereocenters. The van der Waals surface area contributed by atoms with Crippen molar-refractivity contribution in [2.45, 2.75) is 12.8 Å². The van der Waals surface area contributed by atoms with E-state index in [2.05, 4.69) is 23.4 Å². The van der Waals surface area contributed by atoms with Crippen molar-refractivity contribution in [1.29, 1.82) is 0 Å². The zero-order valence-corrected chi connectivity index (χ0v) is 7.81. The summed E-state index contributed by atoms with van der Waals surface area (Å²) in [6, 6.07) is 7.34. The Bertz CT molecular complexity index is 387. The standard InChI is InChI=1S/C12H11NO/c14-13-12-8-6-11(7-9-12)10-4-2-1-3-5-10/h2,4-9H,1,3H2. The van der Waals surface area contributed by atoms with Crippen molar-refractivity contribution < 1.29 is 0 Å². The Morgan fingerprint density at radius 3 is 2.43 bits per heavy atom. The zero-order chi connectivity index (χ0) is 9.80. The molecule has 2 rings (SSSR count). The first-order valence-electron chi connectivity index (χ1n) is 4.70. The molecule has 0 fully saturated rings. The molecule has 0 bridgehead atoms. The van der Waals surface area contributed by atoms with Crippen LogP contribution in [0.25, 0.3) is 5.57 Å². The Balaban J connectivity index is 2.28. The van der Waals surface area contributed by atoms with Crippen LogP contribution in [-0.4, -0.2) is 0 Å². The number of allylic oxidation sites excluding steroid dienone is 4. The van der Waals surface area contributed by atoms with Gasteiger partial charge in [-0.3, -0.25) is 0 Å². The average molecular weight is 185 g/mol. The van der Waals surface area contributed by atoms with E-state index >= 15 is 0 Å². The molecule has 0 N–H and O–H groups in total. The van der Waals surface area contributed by atoms with E-state index in [1.165, 1.54) is 5.57 Å². The smallest absolute Gasteiger partial charge is 0.108 e. The van der Waals surface area contributed by atoms with E-state index in [1.54, 1.807) is 12.1 Å². The second-order valence-electron chi connectivity index (χ2n) is 3.28. The van der Waals surface area contributed by atoms with Crippen LogP contribution < -0.4 is 0 Å². The van der Waals surface area contributed by atoms with Gasteiger partial charge in [0.15, 0.2) is 0 Å². The summed E-state index contributed by atoms with van der Waals surface area (Å²) >= 11 is 0. The molecular weight excluding hydrogens is 174 g/mol. The highest BCUT2D eigenvalue weighted by Gasteiger charge is 2.00. The summed E-state index contributed by atoms with van der Waals surface area (Å²) in [7, 11) is 0. The van der Waals surface area contributed by atoms with Crippen molar-refractivity contribution in [2.24, 2.45) is 5.18 Å². The Morgan fingerprint density at radius 1 is 1.07 bits per heavy atom. The van der Waals surface area contributed by atoms with Crippen molar-refractivity contribution in [3.05, 3.63) is 53.0 Å². The zero-order valence-electron chi connectivity index (χ0n) is 7.81. The second kappa shape index (κ2) is 4.01. The maximum absolute atomic E-state index is 10.2. The fourth-order valence-electron chi connectivity index (χ4n) is 1.54. The summed E-state index contributed by atoms with van der Waals surface area (Å²) in [6.45, 7) is 0.